The second-order valence-electron chi connectivity index (χ2n) is 11.3. The smallest absolute Gasteiger partial charge is 0.229 e. The fraction of sp³-hybridized carbons (Fsp3) is 0.467. The maximum absolute atomic E-state index is 14.7. The molecule has 3 heterocycles. The van der Waals surface area contributed by atoms with Crippen molar-refractivity contribution in [1.82, 2.24) is 9.97 Å². The summed E-state index contributed by atoms with van der Waals surface area (Å²) in [6.07, 6.45) is 7.74. The molecule has 0 unspecified atom stereocenters. The summed E-state index contributed by atoms with van der Waals surface area (Å²) in [5.41, 5.74) is 1.96. The van der Waals surface area contributed by atoms with Gasteiger partial charge in [-0.25, -0.2) is 17.8 Å². The zero-order valence-electron chi connectivity index (χ0n) is 22.2. The number of Topliss-reactive ketones (excluding diaryl/α,β-unsaturated/α-hetero) is 1. The lowest BCUT2D eigenvalue weighted by Gasteiger charge is -2.30. The van der Waals surface area contributed by atoms with E-state index in [2.05, 4.69) is 11.1 Å². The lowest BCUT2D eigenvalue weighted by atomic mass is 9.73. The van der Waals surface area contributed by atoms with Crippen molar-refractivity contribution >= 4 is 21.3 Å². The van der Waals surface area contributed by atoms with E-state index in [0.29, 0.717) is 24.5 Å². The number of nitrogens with zero attached hydrogens (tertiary/aromatic N) is 4. The van der Waals surface area contributed by atoms with Crippen molar-refractivity contribution in [2.24, 2.45) is 11.3 Å². The van der Waals surface area contributed by atoms with Gasteiger partial charge in [-0.15, -0.1) is 0 Å². The Balaban J connectivity index is 1.36. The topological polar surface area (TPSA) is 117 Å². The van der Waals surface area contributed by atoms with Crippen LogP contribution in [0.3, 0.4) is 0 Å². The number of halogens is 1. The molecule has 2 saturated carbocycles. The Kier molecular flexibility index (Phi) is 6.95. The molecule has 2 atom stereocenters. The molecule has 0 radical (unpaired) electrons. The zero-order chi connectivity index (χ0) is 27.9. The van der Waals surface area contributed by atoms with Crippen molar-refractivity contribution in [3.63, 3.8) is 0 Å². The standard InChI is InChI=1S/C30H31FN4O4S/c31-25-18-33-12-9-24(25)29-34-27(20-5-7-21(8-6-20)35-13-15-40(37,38)16-14-35)28(39-29)23-4-2-1-3-22(23)26(36)17-30(19-32)10-11-30/h5-9,12,18,22-23H,1-4,10-11,13-17H2/t22-,23-/m1/s1. The molecule has 3 fully saturated rings. The third-order valence-corrected chi connectivity index (χ3v) is 10.2. The van der Waals surface area contributed by atoms with Gasteiger partial charge in [0.1, 0.15) is 17.2 Å². The highest BCUT2D eigenvalue weighted by atomic mass is 32.2. The monoisotopic (exact) mass is 562 g/mol. The van der Waals surface area contributed by atoms with Crippen LogP contribution in [-0.4, -0.2) is 48.8 Å². The van der Waals surface area contributed by atoms with Gasteiger partial charge in [0.05, 0.1) is 34.8 Å². The Morgan fingerprint density at radius 3 is 2.52 bits per heavy atom. The molecule has 0 spiro atoms. The number of nitriles is 1. The van der Waals surface area contributed by atoms with E-state index in [9.17, 15) is 22.9 Å². The molecule has 1 aliphatic heterocycles. The van der Waals surface area contributed by atoms with Gasteiger partial charge in [0.25, 0.3) is 0 Å². The lowest BCUT2D eigenvalue weighted by Crippen LogP contribution is -2.40. The van der Waals surface area contributed by atoms with Gasteiger partial charge in [-0.1, -0.05) is 25.0 Å². The van der Waals surface area contributed by atoms with Gasteiger partial charge in [0.2, 0.25) is 5.89 Å². The van der Waals surface area contributed by atoms with E-state index in [4.69, 9.17) is 9.40 Å². The van der Waals surface area contributed by atoms with Crippen LogP contribution in [-0.2, 0) is 14.6 Å². The number of anilines is 1. The van der Waals surface area contributed by atoms with Crippen molar-refractivity contribution in [2.75, 3.05) is 29.5 Å². The summed E-state index contributed by atoms with van der Waals surface area (Å²) >= 11 is 0. The molecule has 0 amide bonds. The summed E-state index contributed by atoms with van der Waals surface area (Å²) in [6, 6.07) is 11.6. The van der Waals surface area contributed by atoms with Crippen molar-refractivity contribution in [3.05, 3.63) is 54.3 Å². The fourth-order valence-electron chi connectivity index (χ4n) is 6.03. The highest BCUT2D eigenvalue weighted by molar-refractivity contribution is 7.91. The van der Waals surface area contributed by atoms with E-state index in [1.165, 1.54) is 12.3 Å². The molecular formula is C30H31FN4O4S. The van der Waals surface area contributed by atoms with E-state index >= 15 is 0 Å². The normalized spacial score (nSPS) is 23.4. The summed E-state index contributed by atoms with van der Waals surface area (Å²) in [5.74, 6) is 0.0299. The first-order valence-electron chi connectivity index (χ1n) is 13.9. The quantitative estimate of drug-likeness (QED) is 0.380. The lowest BCUT2D eigenvalue weighted by molar-refractivity contribution is -0.125. The number of rotatable bonds is 7. The summed E-state index contributed by atoms with van der Waals surface area (Å²) < 4.78 is 44.7. The SMILES string of the molecule is N#CC1(CC(=O)[C@@H]2CCCC[C@H]2c2oc(-c3ccncc3F)nc2-c2ccc(N3CCS(=O)(=O)CC3)cc2)CC1. The van der Waals surface area contributed by atoms with E-state index in [1.807, 2.05) is 29.2 Å². The van der Waals surface area contributed by atoms with Gasteiger partial charge in [-0.05, 0) is 43.9 Å². The van der Waals surface area contributed by atoms with Crippen LogP contribution in [0.5, 0.6) is 0 Å². The minimum absolute atomic E-state index is 0.0955. The average Bonchev–Trinajstić information content (AvgIpc) is 3.60. The average molecular weight is 563 g/mol. The van der Waals surface area contributed by atoms with Crippen molar-refractivity contribution in [2.45, 2.75) is 50.9 Å². The Labute approximate surface area is 233 Å². The molecule has 3 aromatic rings. The second-order valence-corrected chi connectivity index (χ2v) is 13.6. The Hall–Kier alpha value is -3.58. The first-order valence-corrected chi connectivity index (χ1v) is 15.7. The number of carbonyl (C=O) groups is 1. The molecule has 8 nitrogen and oxygen atoms in total. The molecule has 10 heteroatoms. The minimum Gasteiger partial charge on any atom is -0.440 e. The van der Waals surface area contributed by atoms with Crippen LogP contribution >= 0.6 is 0 Å². The second kappa shape index (κ2) is 10.4. The van der Waals surface area contributed by atoms with Crippen LogP contribution in [0, 0.1) is 28.5 Å². The first-order chi connectivity index (χ1) is 19.3. The van der Waals surface area contributed by atoms with Gasteiger partial charge in [0, 0.05) is 48.8 Å². The molecule has 1 aromatic carbocycles. The van der Waals surface area contributed by atoms with Crippen LogP contribution in [0.25, 0.3) is 22.7 Å². The molecule has 0 bridgehead atoms. The number of ketones is 1. The van der Waals surface area contributed by atoms with E-state index in [1.54, 1.807) is 0 Å². The Morgan fingerprint density at radius 2 is 1.85 bits per heavy atom. The highest BCUT2D eigenvalue weighted by Crippen LogP contribution is 2.51. The van der Waals surface area contributed by atoms with Crippen molar-refractivity contribution in [3.8, 4) is 28.8 Å². The number of aromatic nitrogens is 2. The summed E-state index contributed by atoms with van der Waals surface area (Å²) in [7, 11) is -2.99. The largest absolute Gasteiger partial charge is 0.440 e. The van der Waals surface area contributed by atoms with E-state index < -0.39 is 21.1 Å². The maximum Gasteiger partial charge on any atom is 0.229 e. The van der Waals surface area contributed by atoms with Gasteiger partial charge < -0.3 is 9.32 Å². The predicted octanol–water partition coefficient (Wildman–Crippen LogP) is 5.31. The van der Waals surface area contributed by atoms with Crippen LogP contribution in [0.15, 0.2) is 47.1 Å². The summed E-state index contributed by atoms with van der Waals surface area (Å²) in [5, 5.41) is 9.57. The predicted molar refractivity (Wildman–Crippen MR) is 148 cm³/mol. The van der Waals surface area contributed by atoms with Gasteiger partial charge in [-0.3, -0.25) is 9.78 Å². The zero-order valence-corrected chi connectivity index (χ0v) is 23.0. The van der Waals surface area contributed by atoms with Gasteiger partial charge in [0.15, 0.2) is 15.7 Å². The third-order valence-electron chi connectivity index (χ3n) is 8.63. The number of oxazole rings is 1. The van der Waals surface area contributed by atoms with Gasteiger partial charge in [-0.2, -0.15) is 5.26 Å². The molecule has 208 valence electrons. The number of sulfone groups is 1. The number of carbonyl (C=O) groups excluding carboxylic acids is 1. The van der Waals surface area contributed by atoms with Crippen molar-refractivity contribution in [1.29, 1.82) is 5.26 Å². The molecule has 6 rings (SSSR count). The molecule has 2 aromatic heterocycles. The van der Waals surface area contributed by atoms with Crippen molar-refractivity contribution < 1.29 is 22.0 Å². The summed E-state index contributed by atoms with van der Waals surface area (Å²) in [4.78, 5) is 24.1. The molecular weight excluding hydrogens is 531 g/mol. The fourth-order valence-corrected chi connectivity index (χ4v) is 7.23. The van der Waals surface area contributed by atoms with Gasteiger partial charge >= 0.3 is 0 Å². The van der Waals surface area contributed by atoms with Crippen LogP contribution in [0.4, 0.5) is 10.1 Å². The molecule has 0 N–H and O–H groups in total. The minimum atomic E-state index is -2.99. The summed E-state index contributed by atoms with van der Waals surface area (Å²) in [6.45, 7) is 0.886. The Bertz CT molecular complexity index is 1560. The Morgan fingerprint density at radius 1 is 1.12 bits per heavy atom. The third kappa shape index (κ3) is 5.27. The number of pyridine rings is 1. The highest BCUT2D eigenvalue weighted by Gasteiger charge is 2.47. The van der Waals surface area contributed by atoms with E-state index in [-0.39, 0.29) is 47.0 Å². The van der Waals surface area contributed by atoms with Crippen LogP contribution in [0.1, 0.15) is 56.6 Å². The number of benzene rings is 1. The van der Waals surface area contributed by atoms with E-state index in [0.717, 1.165) is 56.0 Å². The first kappa shape index (κ1) is 26.6. The number of hydrogen-bond acceptors (Lipinski definition) is 8. The van der Waals surface area contributed by atoms with Crippen LogP contribution in [0.2, 0.25) is 0 Å². The molecule has 3 aliphatic rings. The molecule has 1 saturated heterocycles. The number of hydrogen-bond donors (Lipinski definition) is 0. The molecule has 40 heavy (non-hydrogen) atoms. The van der Waals surface area contributed by atoms with Crippen LogP contribution < -0.4 is 4.90 Å². The molecule has 2 aliphatic carbocycles. The maximum atomic E-state index is 14.7.